The van der Waals surface area contributed by atoms with Crippen molar-refractivity contribution in [2.45, 2.75) is 59.9 Å². The second-order valence-corrected chi connectivity index (χ2v) is 7.17. The van der Waals surface area contributed by atoms with Crippen molar-refractivity contribution in [3.63, 3.8) is 0 Å². The van der Waals surface area contributed by atoms with E-state index in [9.17, 15) is 0 Å². The van der Waals surface area contributed by atoms with Gasteiger partial charge in [-0.3, -0.25) is 0 Å². The van der Waals surface area contributed by atoms with E-state index in [0.29, 0.717) is 6.04 Å². The van der Waals surface area contributed by atoms with Gasteiger partial charge in [0.05, 0.1) is 6.04 Å². The molecule has 0 fully saturated rings. The maximum Gasteiger partial charge on any atom is 0.147 e. The normalized spacial score (nSPS) is 17.8. The van der Waals surface area contributed by atoms with Gasteiger partial charge in [-0.15, -0.1) is 0 Å². The van der Waals surface area contributed by atoms with Gasteiger partial charge in [-0.2, -0.15) is 0 Å². The summed E-state index contributed by atoms with van der Waals surface area (Å²) in [7, 11) is 0. The van der Waals surface area contributed by atoms with Gasteiger partial charge in [0.2, 0.25) is 0 Å². The Labute approximate surface area is 159 Å². The zero-order valence-electron chi connectivity index (χ0n) is 16.8. The highest BCUT2D eigenvalue weighted by molar-refractivity contribution is 5.64. The Morgan fingerprint density at radius 3 is 1.73 bits per heavy atom. The van der Waals surface area contributed by atoms with Crippen molar-refractivity contribution in [3.05, 3.63) is 77.6 Å². The molecule has 1 heterocycles. The molecule has 2 heteroatoms. The molecule has 0 spiro atoms. The van der Waals surface area contributed by atoms with Crippen molar-refractivity contribution in [1.82, 2.24) is 0 Å². The van der Waals surface area contributed by atoms with Gasteiger partial charge in [0.25, 0.3) is 0 Å². The lowest BCUT2D eigenvalue weighted by Gasteiger charge is -2.45. The molecule has 3 rings (SSSR count). The van der Waals surface area contributed by atoms with E-state index in [4.69, 9.17) is 0 Å². The molecule has 0 amide bonds. The maximum atomic E-state index is 2.46. The topological polar surface area (TPSA) is 6.48 Å². The molecule has 1 atom stereocenters. The minimum atomic E-state index is 0.430. The lowest BCUT2D eigenvalue weighted by molar-refractivity contribution is 0.610. The molecule has 2 aromatic rings. The quantitative estimate of drug-likeness (QED) is 0.601. The van der Waals surface area contributed by atoms with Crippen LogP contribution in [0.5, 0.6) is 0 Å². The van der Waals surface area contributed by atoms with Gasteiger partial charge in [0.1, 0.15) is 6.67 Å². The van der Waals surface area contributed by atoms with Gasteiger partial charge in [-0.25, -0.2) is 0 Å². The van der Waals surface area contributed by atoms with E-state index in [2.05, 4.69) is 99.6 Å². The van der Waals surface area contributed by atoms with Crippen molar-refractivity contribution in [3.8, 4) is 0 Å². The summed E-state index contributed by atoms with van der Waals surface area (Å²) in [5, 5.41) is 0. The van der Waals surface area contributed by atoms with Crippen LogP contribution in [0.4, 0.5) is 11.4 Å². The van der Waals surface area contributed by atoms with Crippen LogP contribution in [-0.2, 0) is 0 Å². The number of nitrogens with zero attached hydrogens (tertiary/aromatic N) is 2. The fourth-order valence-electron chi connectivity index (χ4n) is 3.96. The van der Waals surface area contributed by atoms with Crippen LogP contribution in [0.15, 0.2) is 59.8 Å². The second kappa shape index (κ2) is 7.99. The van der Waals surface area contributed by atoms with Crippen LogP contribution in [-0.4, -0.2) is 6.04 Å². The van der Waals surface area contributed by atoms with Crippen LogP contribution in [0.3, 0.4) is 0 Å². The first-order chi connectivity index (χ1) is 12.6. The molecule has 0 aliphatic carbocycles. The molecule has 1 aliphatic heterocycles. The first-order valence-electron chi connectivity index (χ1n) is 9.86. The summed E-state index contributed by atoms with van der Waals surface area (Å²) in [6, 6.07) is 18.2. The van der Waals surface area contributed by atoms with Gasteiger partial charge in [-0.05, 0) is 62.9 Å². The Morgan fingerprint density at radius 1 is 0.731 bits per heavy atom. The Morgan fingerprint density at radius 2 is 1.27 bits per heavy atom. The zero-order valence-corrected chi connectivity index (χ0v) is 16.8. The molecule has 0 saturated heterocycles. The van der Waals surface area contributed by atoms with Crippen LogP contribution in [0.2, 0.25) is 0 Å². The second-order valence-electron chi connectivity index (χ2n) is 7.17. The SMILES string of the molecule is CCC1=C(CC)N(c2ccc(C)cc2)[CH]N(c2ccc(C)cc2)C1CC. The first kappa shape index (κ1) is 18.6. The molecule has 1 unspecified atom stereocenters. The fourth-order valence-corrected chi connectivity index (χ4v) is 3.96. The molecular weight excluding hydrogens is 316 g/mol. The Kier molecular flexibility index (Phi) is 5.70. The third-order valence-corrected chi connectivity index (χ3v) is 5.39. The average molecular weight is 348 g/mol. The van der Waals surface area contributed by atoms with E-state index >= 15 is 0 Å². The Bertz CT molecular complexity index is 756. The van der Waals surface area contributed by atoms with Crippen LogP contribution >= 0.6 is 0 Å². The minimum Gasteiger partial charge on any atom is -0.341 e. The summed E-state index contributed by atoms with van der Waals surface area (Å²) in [6.45, 7) is 13.5. The van der Waals surface area contributed by atoms with Crippen molar-refractivity contribution < 1.29 is 0 Å². The van der Waals surface area contributed by atoms with Crippen molar-refractivity contribution in [2.24, 2.45) is 0 Å². The minimum absolute atomic E-state index is 0.430. The first-order valence-corrected chi connectivity index (χ1v) is 9.86. The predicted molar refractivity (Wildman–Crippen MR) is 113 cm³/mol. The van der Waals surface area contributed by atoms with Gasteiger partial charge in [-0.1, -0.05) is 56.2 Å². The van der Waals surface area contributed by atoms with E-state index in [-0.39, 0.29) is 0 Å². The van der Waals surface area contributed by atoms with Crippen molar-refractivity contribution in [1.29, 1.82) is 0 Å². The van der Waals surface area contributed by atoms with E-state index in [1.165, 1.54) is 28.2 Å². The molecule has 1 radical (unpaired) electrons. The molecular formula is C24H31N2. The summed E-state index contributed by atoms with van der Waals surface area (Å²) in [5.41, 5.74) is 8.11. The third-order valence-electron chi connectivity index (χ3n) is 5.39. The molecule has 0 aromatic heterocycles. The monoisotopic (exact) mass is 347 g/mol. The van der Waals surface area contributed by atoms with Gasteiger partial charge < -0.3 is 9.80 Å². The fraction of sp³-hybridized carbons (Fsp3) is 0.375. The molecule has 137 valence electrons. The number of allylic oxidation sites excluding steroid dienone is 1. The van der Waals surface area contributed by atoms with Crippen LogP contribution in [0, 0.1) is 20.5 Å². The summed E-state index contributed by atoms with van der Waals surface area (Å²) in [6.07, 6.45) is 3.24. The van der Waals surface area contributed by atoms with Gasteiger partial charge >= 0.3 is 0 Å². The number of anilines is 2. The number of rotatable bonds is 5. The van der Waals surface area contributed by atoms with Crippen molar-refractivity contribution >= 4 is 11.4 Å². The molecule has 26 heavy (non-hydrogen) atoms. The molecule has 1 aliphatic rings. The highest BCUT2D eigenvalue weighted by Gasteiger charge is 2.32. The summed E-state index contributed by atoms with van der Waals surface area (Å²) < 4.78 is 0. The Balaban J connectivity index is 2.08. The molecule has 0 bridgehead atoms. The number of aryl methyl sites for hydroxylation is 2. The van der Waals surface area contributed by atoms with E-state index in [0.717, 1.165) is 19.3 Å². The highest BCUT2D eigenvalue weighted by atomic mass is 15.4. The predicted octanol–water partition coefficient (Wildman–Crippen LogP) is 6.60. The van der Waals surface area contributed by atoms with Crippen LogP contribution < -0.4 is 9.80 Å². The zero-order chi connectivity index (χ0) is 18.7. The lowest BCUT2D eigenvalue weighted by atomic mass is 9.93. The Hall–Kier alpha value is -2.22. The van der Waals surface area contributed by atoms with Crippen molar-refractivity contribution in [2.75, 3.05) is 9.80 Å². The summed E-state index contributed by atoms with van der Waals surface area (Å²) in [4.78, 5) is 4.85. The highest BCUT2D eigenvalue weighted by Crippen LogP contribution is 2.38. The molecule has 0 saturated carbocycles. The molecule has 0 N–H and O–H groups in total. The van der Waals surface area contributed by atoms with Crippen LogP contribution in [0.1, 0.15) is 51.2 Å². The maximum absolute atomic E-state index is 2.46. The van der Waals surface area contributed by atoms with E-state index in [1.807, 2.05) is 0 Å². The number of hydrogen-bond donors (Lipinski definition) is 0. The average Bonchev–Trinajstić information content (AvgIpc) is 2.67. The number of benzene rings is 2. The lowest BCUT2D eigenvalue weighted by Crippen LogP contribution is -2.46. The smallest absolute Gasteiger partial charge is 0.147 e. The van der Waals surface area contributed by atoms with Gasteiger partial charge in [0.15, 0.2) is 0 Å². The number of hydrogen-bond acceptors (Lipinski definition) is 2. The summed E-state index contributed by atoms with van der Waals surface area (Å²) >= 11 is 0. The molecule has 2 nitrogen and oxygen atoms in total. The van der Waals surface area contributed by atoms with Gasteiger partial charge in [0, 0.05) is 17.1 Å². The van der Waals surface area contributed by atoms with E-state index < -0.39 is 0 Å². The standard InChI is InChI=1S/C24H31N2/c1-6-22-23(7-2)25(20-13-9-18(4)10-14-20)17-26(24(22)8-3)21-15-11-19(5)12-16-21/h9-17,23H,6-8H2,1-5H3. The molecule has 2 aromatic carbocycles. The van der Waals surface area contributed by atoms with Crippen LogP contribution in [0.25, 0.3) is 0 Å². The van der Waals surface area contributed by atoms with E-state index in [1.54, 1.807) is 5.57 Å². The largest absolute Gasteiger partial charge is 0.341 e. The third kappa shape index (κ3) is 3.51. The summed E-state index contributed by atoms with van der Waals surface area (Å²) in [5.74, 6) is 0.